The van der Waals surface area contributed by atoms with E-state index < -0.39 is 5.97 Å². The van der Waals surface area contributed by atoms with E-state index in [4.69, 9.17) is 19.8 Å². The Morgan fingerprint density at radius 3 is 2.64 bits per heavy atom. The van der Waals surface area contributed by atoms with Crippen LogP contribution in [0.3, 0.4) is 0 Å². The normalized spacial score (nSPS) is 35.4. The summed E-state index contributed by atoms with van der Waals surface area (Å²) in [7, 11) is 0. The fraction of sp³-hybridized carbons (Fsp3) is 0.722. The average Bonchev–Trinajstić information content (AvgIpc) is 2.91. The molecule has 1 aromatic rings. The van der Waals surface area contributed by atoms with E-state index in [1.807, 2.05) is 0 Å². The van der Waals surface area contributed by atoms with Crippen LogP contribution in [-0.4, -0.2) is 46.7 Å². The molecule has 1 N–H and O–H groups in total. The number of carboxylic acids is 1. The lowest BCUT2D eigenvalue weighted by Gasteiger charge is -2.39. The lowest BCUT2D eigenvalue weighted by molar-refractivity contribution is -0.137. The highest BCUT2D eigenvalue weighted by atomic mass is 16.5. The van der Waals surface area contributed by atoms with Crippen molar-refractivity contribution in [3.8, 4) is 0 Å². The molecular weight excluding hydrogens is 320 g/mol. The summed E-state index contributed by atoms with van der Waals surface area (Å²) in [4.78, 5) is 25.3. The number of ether oxygens (including phenoxy) is 1. The number of carboxylic acid groups (broad SMARTS) is 1. The Labute approximate surface area is 147 Å². The van der Waals surface area contributed by atoms with Crippen LogP contribution in [0.1, 0.15) is 44.1 Å². The van der Waals surface area contributed by atoms with Crippen molar-refractivity contribution in [1.82, 2.24) is 9.97 Å². The molecular formula is C18H24N4O3. The number of aromatic nitrogens is 2. The van der Waals surface area contributed by atoms with Crippen molar-refractivity contribution >= 4 is 17.7 Å². The van der Waals surface area contributed by atoms with Gasteiger partial charge in [-0.2, -0.15) is 4.98 Å². The van der Waals surface area contributed by atoms with E-state index in [1.54, 1.807) is 0 Å². The summed E-state index contributed by atoms with van der Waals surface area (Å²) in [5.74, 6) is 2.54. The molecule has 3 unspecified atom stereocenters. The topological polar surface area (TPSA) is 78.8 Å². The fourth-order valence-corrected chi connectivity index (χ4v) is 4.77. The fourth-order valence-electron chi connectivity index (χ4n) is 4.77. The van der Waals surface area contributed by atoms with Crippen molar-refractivity contribution in [3.05, 3.63) is 11.3 Å². The van der Waals surface area contributed by atoms with Crippen molar-refractivity contribution in [2.45, 2.75) is 45.4 Å². The quantitative estimate of drug-likeness (QED) is 0.892. The number of piperidine rings is 1. The van der Waals surface area contributed by atoms with Gasteiger partial charge in [-0.15, -0.1) is 0 Å². The summed E-state index contributed by atoms with van der Waals surface area (Å²) >= 11 is 0. The molecule has 0 bridgehead atoms. The van der Waals surface area contributed by atoms with E-state index in [1.165, 1.54) is 6.42 Å². The SMILES string of the molecule is CC1OCc2c1nc(N1CCC1C)nc2N1C[C@@H]2C(CC(=O)O)[C@@H]2C1. The van der Waals surface area contributed by atoms with Gasteiger partial charge in [0.2, 0.25) is 5.95 Å². The number of carbonyl (C=O) groups is 1. The Hall–Kier alpha value is -1.89. The van der Waals surface area contributed by atoms with E-state index in [-0.39, 0.29) is 6.10 Å². The van der Waals surface area contributed by atoms with E-state index in [0.29, 0.717) is 36.8 Å². The number of hydrogen-bond acceptors (Lipinski definition) is 6. The van der Waals surface area contributed by atoms with Crippen LogP contribution in [-0.2, 0) is 16.1 Å². The lowest BCUT2D eigenvalue weighted by atomic mass is 10.1. The number of anilines is 2. The zero-order valence-corrected chi connectivity index (χ0v) is 14.7. The summed E-state index contributed by atoms with van der Waals surface area (Å²) in [5.41, 5.74) is 2.15. The molecule has 0 amide bonds. The number of aliphatic carboxylic acids is 1. The van der Waals surface area contributed by atoms with Gasteiger partial charge in [-0.1, -0.05) is 0 Å². The maximum atomic E-state index is 11.0. The minimum atomic E-state index is -0.676. The van der Waals surface area contributed by atoms with Gasteiger partial charge >= 0.3 is 5.97 Å². The predicted molar refractivity (Wildman–Crippen MR) is 91.6 cm³/mol. The van der Waals surface area contributed by atoms with Crippen molar-refractivity contribution in [2.75, 3.05) is 29.4 Å². The first-order valence-corrected chi connectivity index (χ1v) is 9.28. The monoisotopic (exact) mass is 344 g/mol. The van der Waals surface area contributed by atoms with Crippen LogP contribution in [0.15, 0.2) is 0 Å². The van der Waals surface area contributed by atoms with Crippen LogP contribution in [0.25, 0.3) is 0 Å². The van der Waals surface area contributed by atoms with Crippen molar-refractivity contribution in [3.63, 3.8) is 0 Å². The minimum absolute atomic E-state index is 0.0176. The molecule has 0 spiro atoms. The lowest BCUT2D eigenvalue weighted by Crippen LogP contribution is -2.47. The molecule has 5 rings (SSSR count). The molecule has 3 fully saturated rings. The second-order valence-corrected chi connectivity index (χ2v) is 7.99. The first-order valence-electron chi connectivity index (χ1n) is 9.28. The van der Waals surface area contributed by atoms with E-state index in [0.717, 1.165) is 42.7 Å². The molecule has 1 aromatic heterocycles. The van der Waals surface area contributed by atoms with Gasteiger partial charge in [0.1, 0.15) is 5.82 Å². The largest absolute Gasteiger partial charge is 0.481 e. The molecule has 7 nitrogen and oxygen atoms in total. The summed E-state index contributed by atoms with van der Waals surface area (Å²) in [6, 6.07) is 0.496. The average molecular weight is 344 g/mol. The number of fused-ring (bicyclic) bond motifs is 2. The van der Waals surface area contributed by atoms with Crippen LogP contribution < -0.4 is 9.80 Å². The molecule has 2 saturated heterocycles. The molecule has 0 aromatic carbocycles. The molecule has 25 heavy (non-hydrogen) atoms. The van der Waals surface area contributed by atoms with Crippen LogP contribution in [0.2, 0.25) is 0 Å². The Balaban J connectivity index is 1.42. The number of rotatable bonds is 4. The first-order chi connectivity index (χ1) is 12.0. The van der Waals surface area contributed by atoms with Gasteiger partial charge in [0.25, 0.3) is 0 Å². The molecule has 134 valence electrons. The standard InChI is InChI=1S/C18H24N4O3/c1-9-3-4-22(9)18-19-16-10(2)25-8-14(16)17(20-18)21-6-12-11(5-15(23)24)13(12)7-21/h9-13H,3-8H2,1-2H3,(H,23,24)/t9?,10?,11?,12-,13+. The highest BCUT2D eigenvalue weighted by Gasteiger charge is 2.56. The van der Waals surface area contributed by atoms with Gasteiger partial charge in [0.05, 0.1) is 18.4 Å². The third-order valence-corrected chi connectivity index (χ3v) is 6.53. The third-order valence-electron chi connectivity index (χ3n) is 6.53. The van der Waals surface area contributed by atoms with Crippen LogP contribution in [0.4, 0.5) is 11.8 Å². The van der Waals surface area contributed by atoms with Gasteiger partial charge in [-0.3, -0.25) is 4.79 Å². The zero-order chi connectivity index (χ0) is 17.3. The number of hydrogen-bond donors (Lipinski definition) is 1. The highest BCUT2D eigenvalue weighted by Crippen LogP contribution is 2.55. The van der Waals surface area contributed by atoms with Gasteiger partial charge in [-0.25, -0.2) is 4.98 Å². The van der Waals surface area contributed by atoms with Crippen LogP contribution in [0, 0.1) is 17.8 Å². The summed E-state index contributed by atoms with van der Waals surface area (Å²) in [6.45, 7) is 7.68. The predicted octanol–water partition coefficient (Wildman–Crippen LogP) is 1.82. The molecule has 3 aliphatic heterocycles. The van der Waals surface area contributed by atoms with E-state index >= 15 is 0 Å². The maximum absolute atomic E-state index is 11.0. The highest BCUT2D eigenvalue weighted by molar-refractivity contribution is 5.68. The molecule has 1 saturated carbocycles. The first kappa shape index (κ1) is 15.4. The van der Waals surface area contributed by atoms with Crippen LogP contribution in [0.5, 0.6) is 0 Å². The summed E-state index contributed by atoms with van der Waals surface area (Å²) in [5, 5.41) is 9.02. The van der Waals surface area contributed by atoms with Crippen LogP contribution >= 0.6 is 0 Å². The smallest absolute Gasteiger partial charge is 0.303 e. The number of nitrogens with zero attached hydrogens (tertiary/aromatic N) is 4. The van der Waals surface area contributed by atoms with E-state index in [9.17, 15) is 4.79 Å². The van der Waals surface area contributed by atoms with Gasteiger partial charge in [0, 0.05) is 37.7 Å². The molecule has 7 heteroatoms. The Morgan fingerprint density at radius 1 is 1.28 bits per heavy atom. The molecule has 5 atom stereocenters. The van der Waals surface area contributed by atoms with Crippen molar-refractivity contribution in [2.24, 2.45) is 17.8 Å². The van der Waals surface area contributed by atoms with Gasteiger partial charge in [-0.05, 0) is 38.0 Å². The molecule has 4 aliphatic rings. The van der Waals surface area contributed by atoms with Crippen molar-refractivity contribution in [1.29, 1.82) is 0 Å². The second-order valence-electron chi connectivity index (χ2n) is 7.99. The van der Waals surface area contributed by atoms with Gasteiger partial charge < -0.3 is 19.6 Å². The van der Waals surface area contributed by atoms with Gasteiger partial charge in [0.15, 0.2) is 0 Å². The van der Waals surface area contributed by atoms with E-state index in [2.05, 4.69) is 23.6 Å². The summed E-state index contributed by atoms with van der Waals surface area (Å²) in [6.07, 6.45) is 1.51. The van der Waals surface area contributed by atoms with Crippen molar-refractivity contribution < 1.29 is 14.6 Å². The third kappa shape index (κ3) is 2.32. The second kappa shape index (κ2) is 5.30. The maximum Gasteiger partial charge on any atom is 0.303 e. The Bertz CT molecular complexity index is 727. The summed E-state index contributed by atoms with van der Waals surface area (Å²) < 4.78 is 5.82. The molecule has 4 heterocycles. The zero-order valence-electron chi connectivity index (χ0n) is 14.7. The molecule has 0 radical (unpaired) electrons. The Kier molecular flexibility index (Phi) is 3.26. The minimum Gasteiger partial charge on any atom is -0.481 e. The Morgan fingerprint density at radius 2 is 2.04 bits per heavy atom. The molecule has 1 aliphatic carbocycles.